The van der Waals surface area contributed by atoms with Crippen molar-refractivity contribution >= 4 is 0 Å². The Morgan fingerprint density at radius 1 is 1.31 bits per heavy atom. The van der Waals surface area contributed by atoms with E-state index in [0.717, 1.165) is 18.9 Å². The molecule has 0 heterocycles. The van der Waals surface area contributed by atoms with Crippen molar-refractivity contribution in [1.82, 2.24) is 4.90 Å². The first-order chi connectivity index (χ1) is 6.22. The van der Waals surface area contributed by atoms with E-state index in [-0.39, 0.29) is 0 Å². The van der Waals surface area contributed by atoms with E-state index in [1.54, 1.807) is 0 Å². The standard InChI is InChI=1S/C11H17NO/c1-4-13-11-7-5-6-10(8-11)9-12(2)3/h5-8H,4,9H2,1-3H3. The van der Waals surface area contributed by atoms with Crippen LogP contribution in [0.1, 0.15) is 12.5 Å². The van der Waals surface area contributed by atoms with E-state index < -0.39 is 0 Å². The van der Waals surface area contributed by atoms with Gasteiger partial charge in [0.25, 0.3) is 0 Å². The van der Waals surface area contributed by atoms with Gasteiger partial charge in [0, 0.05) is 6.54 Å². The van der Waals surface area contributed by atoms with Crippen LogP contribution in [0.3, 0.4) is 0 Å². The third-order valence-electron chi connectivity index (χ3n) is 1.71. The zero-order valence-corrected chi connectivity index (χ0v) is 8.58. The van der Waals surface area contributed by atoms with E-state index in [1.807, 2.05) is 19.1 Å². The van der Waals surface area contributed by atoms with Gasteiger partial charge in [0.1, 0.15) is 5.75 Å². The van der Waals surface area contributed by atoms with Crippen molar-refractivity contribution in [3.05, 3.63) is 29.8 Å². The molecule has 0 bridgehead atoms. The normalized spacial score (nSPS) is 10.5. The molecule has 0 atom stereocenters. The first kappa shape index (κ1) is 10.1. The molecule has 72 valence electrons. The van der Waals surface area contributed by atoms with Crippen molar-refractivity contribution in [2.75, 3.05) is 20.7 Å². The summed E-state index contributed by atoms with van der Waals surface area (Å²) < 4.78 is 5.41. The topological polar surface area (TPSA) is 12.5 Å². The van der Waals surface area contributed by atoms with Crippen LogP contribution in [0.2, 0.25) is 0 Å². The molecule has 0 spiro atoms. The minimum absolute atomic E-state index is 0.728. The third-order valence-corrected chi connectivity index (χ3v) is 1.71. The number of nitrogens with zero attached hydrogens (tertiary/aromatic N) is 1. The highest BCUT2D eigenvalue weighted by molar-refractivity contribution is 5.28. The molecule has 0 aliphatic carbocycles. The fourth-order valence-electron chi connectivity index (χ4n) is 1.27. The molecule has 0 aliphatic heterocycles. The lowest BCUT2D eigenvalue weighted by Crippen LogP contribution is -2.10. The van der Waals surface area contributed by atoms with Gasteiger partial charge in [-0.2, -0.15) is 0 Å². The largest absolute Gasteiger partial charge is 0.494 e. The first-order valence-electron chi connectivity index (χ1n) is 4.59. The molecular formula is C11H17NO. The summed E-state index contributed by atoms with van der Waals surface area (Å²) in [4.78, 5) is 2.14. The van der Waals surface area contributed by atoms with Gasteiger partial charge in [-0.1, -0.05) is 12.1 Å². The summed E-state index contributed by atoms with van der Waals surface area (Å²) in [7, 11) is 4.13. The van der Waals surface area contributed by atoms with Gasteiger partial charge in [0.2, 0.25) is 0 Å². The summed E-state index contributed by atoms with van der Waals surface area (Å²) in [5.41, 5.74) is 1.29. The average Bonchev–Trinajstić information content (AvgIpc) is 2.04. The zero-order chi connectivity index (χ0) is 9.68. The van der Waals surface area contributed by atoms with Gasteiger partial charge in [0.15, 0.2) is 0 Å². The lowest BCUT2D eigenvalue weighted by Gasteiger charge is -2.10. The van der Waals surface area contributed by atoms with Crippen molar-refractivity contribution < 1.29 is 4.74 Å². The maximum absolute atomic E-state index is 5.41. The average molecular weight is 179 g/mol. The Morgan fingerprint density at radius 3 is 2.69 bits per heavy atom. The van der Waals surface area contributed by atoms with Gasteiger partial charge in [-0.25, -0.2) is 0 Å². The van der Waals surface area contributed by atoms with Crippen LogP contribution in [0.25, 0.3) is 0 Å². The van der Waals surface area contributed by atoms with E-state index >= 15 is 0 Å². The van der Waals surface area contributed by atoms with Crippen molar-refractivity contribution in [2.45, 2.75) is 13.5 Å². The van der Waals surface area contributed by atoms with Crippen LogP contribution in [0.4, 0.5) is 0 Å². The zero-order valence-electron chi connectivity index (χ0n) is 8.58. The van der Waals surface area contributed by atoms with Gasteiger partial charge in [0.05, 0.1) is 6.61 Å². The van der Waals surface area contributed by atoms with Crippen molar-refractivity contribution in [3.8, 4) is 5.75 Å². The Hall–Kier alpha value is -1.02. The van der Waals surface area contributed by atoms with Crippen molar-refractivity contribution in [2.24, 2.45) is 0 Å². The second-order valence-electron chi connectivity index (χ2n) is 3.32. The summed E-state index contributed by atoms with van der Waals surface area (Å²) in [6, 6.07) is 8.22. The summed E-state index contributed by atoms with van der Waals surface area (Å²) in [5.74, 6) is 0.960. The van der Waals surface area contributed by atoms with E-state index in [9.17, 15) is 0 Å². The molecule has 0 amide bonds. The fourth-order valence-corrected chi connectivity index (χ4v) is 1.27. The van der Waals surface area contributed by atoms with Crippen LogP contribution in [0.5, 0.6) is 5.75 Å². The minimum atomic E-state index is 0.728. The number of rotatable bonds is 4. The minimum Gasteiger partial charge on any atom is -0.494 e. The highest BCUT2D eigenvalue weighted by Gasteiger charge is 1.97. The molecule has 0 unspecified atom stereocenters. The molecule has 0 radical (unpaired) electrons. The molecule has 1 aromatic rings. The van der Waals surface area contributed by atoms with E-state index in [1.165, 1.54) is 5.56 Å². The SMILES string of the molecule is CCOc1cccc(CN(C)C)c1. The van der Waals surface area contributed by atoms with Crippen LogP contribution in [0, 0.1) is 0 Å². The Labute approximate surface area is 80.1 Å². The van der Waals surface area contributed by atoms with E-state index in [2.05, 4.69) is 31.1 Å². The maximum Gasteiger partial charge on any atom is 0.119 e. The summed E-state index contributed by atoms with van der Waals surface area (Å²) in [6.45, 7) is 3.69. The summed E-state index contributed by atoms with van der Waals surface area (Å²) in [5, 5.41) is 0. The van der Waals surface area contributed by atoms with E-state index in [4.69, 9.17) is 4.74 Å². The molecule has 0 saturated heterocycles. The molecule has 2 heteroatoms. The Morgan fingerprint density at radius 2 is 2.08 bits per heavy atom. The predicted octanol–water partition coefficient (Wildman–Crippen LogP) is 2.15. The predicted molar refractivity (Wildman–Crippen MR) is 55.0 cm³/mol. The quantitative estimate of drug-likeness (QED) is 0.702. The summed E-state index contributed by atoms with van der Waals surface area (Å²) >= 11 is 0. The Bertz CT molecular complexity index is 258. The summed E-state index contributed by atoms with van der Waals surface area (Å²) in [6.07, 6.45) is 0. The van der Waals surface area contributed by atoms with Gasteiger partial charge in [-0.3, -0.25) is 0 Å². The third kappa shape index (κ3) is 3.47. The molecule has 0 N–H and O–H groups in total. The number of hydrogen-bond donors (Lipinski definition) is 0. The van der Waals surface area contributed by atoms with Crippen LogP contribution < -0.4 is 4.74 Å². The smallest absolute Gasteiger partial charge is 0.119 e. The lowest BCUT2D eigenvalue weighted by molar-refractivity contribution is 0.338. The van der Waals surface area contributed by atoms with Crippen LogP contribution in [0.15, 0.2) is 24.3 Å². The molecule has 0 saturated carbocycles. The molecule has 0 aromatic heterocycles. The first-order valence-corrected chi connectivity index (χ1v) is 4.59. The van der Waals surface area contributed by atoms with Gasteiger partial charge in [-0.05, 0) is 38.7 Å². The lowest BCUT2D eigenvalue weighted by atomic mass is 10.2. The molecule has 1 rings (SSSR count). The molecule has 2 nitrogen and oxygen atoms in total. The number of hydrogen-bond acceptors (Lipinski definition) is 2. The van der Waals surface area contributed by atoms with Crippen LogP contribution >= 0.6 is 0 Å². The Kier molecular flexibility index (Phi) is 3.77. The molecule has 13 heavy (non-hydrogen) atoms. The second-order valence-corrected chi connectivity index (χ2v) is 3.32. The highest BCUT2D eigenvalue weighted by atomic mass is 16.5. The van der Waals surface area contributed by atoms with Crippen LogP contribution in [-0.4, -0.2) is 25.6 Å². The maximum atomic E-state index is 5.41. The van der Waals surface area contributed by atoms with Gasteiger partial charge in [-0.15, -0.1) is 0 Å². The monoisotopic (exact) mass is 179 g/mol. The van der Waals surface area contributed by atoms with E-state index in [0.29, 0.717) is 0 Å². The number of ether oxygens (including phenoxy) is 1. The molecule has 0 fully saturated rings. The van der Waals surface area contributed by atoms with Gasteiger partial charge < -0.3 is 9.64 Å². The molecule has 0 aliphatic rings. The molecular weight excluding hydrogens is 162 g/mol. The van der Waals surface area contributed by atoms with Crippen molar-refractivity contribution in [1.29, 1.82) is 0 Å². The van der Waals surface area contributed by atoms with Crippen LogP contribution in [-0.2, 0) is 6.54 Å². The highest BCUT2D eigenvalue weighted by Crippen LogP contribution is 2.13. The van der Waals surface area contributed by atoms with Gasteiger partial charge >= 0.3 is 0 Å². The van der Waals surface area contributed by atoms with Crippen molar-refractivity contribution in [3.63, 3.8) is 0 Å². The fraction of sp³-hybridized carbons (Fsp3) is 0.455. The molecule has 1 aromatic carbocycles. The number of benzene rings is 1. The second kappa shape index (κ2) is 4.87. The Balaban J connectivity index is 2.67.